The highest BCUT2D eigenvalue weighted by molar-refractivity contribution is 6.30. The average Bonchev–Trinajstić information content (AvgIpc) is 3.78. The molecular weight excluding hydrogens is 574 g/mol. The second kappa shape index (κ2) is 10.8. The molecule has 1 unspecified atom stereocenters. The third-order valence-electron chi connectivity index (χ3n) is 7.04. The normalized spacial score (nSPS) is 14.0. The van der Waals surface area contributed by atoms with Crippen LogP contribution in [0.15, 0.2) is 76.8 Å². The Morgan fingerprint density at radius 1 is 1.02 bits per heavy atom. The summed E-state index contributed by atoms with van der Waals surface area (Å²) in [5, 5.41) is 14.1. The Kier molecular flexibility index (Phi) is 6.67. The van der Waals surface area contributed by atoms with Gasteiger partial charge in [0.2, 0.25) is 11.8 Å². The maximum absolute atomic E-state index is 6.40. The van der Waals surface area contributed by atoms with Crippen molar-refractivity contribution >= 4 is 23.5 Å². The summed E-state index contributed by atoms with van der Waals surface area (Å²) in [4.78, 5) is 14.9. The Morgan fingerprint density at radius 3 is 2.63 bits per heavy atom. The van der Waals surface area contributed by atoms with Crippen molar-refractivity contribution in [2.24, 2.45) is 5.16 Å². The van der Waals surface area contributed by atoms with Crippen molar-refractivity contribution in [3.05, 3.63) is 106 Å². The standard InChI is InChI=1S/C30H24ClN7O5/c1-17-25-26(22-5-4-12-41-22)27-28-34-24(15-42-33-14-18-6-11-21(39-2)23(13-18)40-3)36-37(28)16-32-29(27)43-30(25)38(35-17)20-9-7-19(31)8-10-20/h4-14,16,26H,15H2,1-3H3/b33-14-. The van der Waals surface area contributed by atoms with Gasteiger partial charge in [-0.2, -0.15) is 5.10 Å². The van der Waals surface area contributed by atoms with Gasteiger partial charge in [0.15, 0.2) is 29.6 Å². The number of nitrogens with zero attached hydrogens (tertiary/aromatic N) is 7. The number of furan rings is 1. The minimum absolute atomic E-state index is 0.0330. The predicted molar refractivity (Wildman–Crippen MR) is 156 cm³/mol. The summed E-state index contributed by atoms with van der Waals surface area (Å²) in [6, 6.07) is 16.6. The van der Waals surface area contributed by atoms with Crippen molar-refractivity contribution in [2.75, 3.05) is 14.2 Å². The Balaban J connectivity index is 1.22. The molecule has 0 saturated heterocycles. The Morgan fingerprint density at radius 2 is 1.86 bits per heavy atom. The van der Waals surface area contributed by atoms with Gasteiger partial charge < -0.3 is 23.5 Å². The maximum Gasteiger partial charge on any atom is 0.230 e. The van der Waals surface area contributed by atoms with Gasteiger partial charge in [-0.05, 0) is 61.5 Å². The van der Waals surface area contributed by atoms with Gasteiger partial charge in [-0.15, -0.1) is 5.10 Å². The molecule has 0 spiro atoms. The van der Waals surface area contributed by atoms with E-state index in [1.165, 1.54) is 0 Å². The summed E-state index contributed by atoms with van der Waals surface area (Å²) in [5.41, 5.74) is 4.45. The molecule has 0 radical (unpaired) electrons. The zero-order valence-electron chi connectivity index (χ0n) is 23.3. The smallest absolute Gasteiger partial charge is 0.230 e. The Labute approximate surface area is 250 Å². The second-order valence-electron chi connectivity index (χ2n) is 9.62. The van der Waals surface area contributed by atoms with E-state index in [0.29, 0.717) is 51.1 Å². The highest BCUT2D eigenvalue weighted by atomic mass is 35.5. The lowest BCUT2D eigenvalue weighted by Gasteiger charge is -2.24. The second-order valence-corrected chi connectivity index (χ2v) is 10.1. The zero-order valence-corrected chi connectivity index (χ0v) is 24.0. The summed E-state index contributed by atoms with van der Waals surface area (Å²) in [6.07, 6.45) is 4.76. The van der Waals surface area contributed by atoms with Crippen molar-refractivity contribution in [3.8, 4) is 28.9 Å². The van der Waals surface area contributed by atoms with Crippen LogP contribution in [-0.4, -0.2) is 49.8 Å². The van der Waals surface area contributed by atoms with Crippen LogP contribution in [0, 0.1) is 6.92 Å². The van der Waals surface area contributed by atoms with Crippen molar-refractivity contribution in [2.45, 2.75) is 19.4 Å². The lowest BCUT2D eigenvalue weighted by Crippen LogP contribution is -2.15. The summed E-state index contributed by atoms with van der Waals surface area (Å²) in [5.74, 6) is 2.85. The topological polar surface area (TPSA) is 123 Å². The van der Waals surface area contributed by atoms with E-state index in [-0.39, 0.29) is 6.61 Å². The number of halogens is 1. The van der Waals surface area contributed by atoms with Gasteiger partial charge in [-0.1, -0.05) is 16.8 Å². The minimum atomic E-state index is -0.396. The number of aryl methyl sites for hydroxylation is 1. The molecule has 43 heavy (non-hydrogen) atoms. The van der Waals surface area contributed by atoms with Gasteiger partial charge in [0, 0.05) is 10.6 Å². The van der Waals surface area contributed by atoms with Crippen molar-refractivity contribution in [3.63, 3.8) is 0 Å². The van der Waals surface area contributed by atoms with E-state index in [9.17, 15) is 0 Å². The average molecular weight is 598 g/mol. The quantitative estimate of drug-likeness (QED) is 0.160. The Hall–Kier alpha value is -5.36. The van der Waals surface area contributed by atoms with E-state index in [0.717, 1.165) is 22.5 Å². The number of hydrogen-bond acceptors (Lipinski definition) is 10. The molecule has 5 heterocycles. The van der Waals surface area contributed by atoms with E-state index in [1.807, 2.05) is 37.3 Å². The number of rotatable bonds is 8. The highest BCUT2D eigenvalue weighted by Crippen LogP contribution is 2.49. The fourth-order valence-corrected chi connectivity index (χ4v) is 5.23. The van der Waals surface area contributed by atoms with Gasteiger partial charge >= 0.3 is 0 Å². The van der Waals surface area contributed by atoms with Gasteiger partial charge in [0.05, 0.1) is 55.1 Å². The van der Waals surface area contributed by atoms with Crippen LogP contribution in [0.1, 0.15) is 39.9 Å². The van der Waals surface area contributed by atoms with E-state index in [1.54, 1.807) is 66.5 Å². The lowest BCUT2D eigenvalue weighted by atomic mass is 9.88. The molecule has 7 rings (SSSR count). The van der Waals surface area contributed by atoms with E-state index in [4.69, 9.17) is 45.1 Å². The zero-order chi connectivity index (χ0) is 29.5. The van der Waals surface area contributed by atoms with Crippen LogP contribution in [0.25, 0.3) is 11.3 Å². The first-order valence-corrected chi connectivity index (χ1v) is 13.6. The molecule has 216 valence electrons. The fourth-order valence-electron chi connectivity index (χ4n) is 5.11. The number of fused-ring (bicyclic) bond motifs is 4. The fraction of sp³-hybridized carbons (Fsp3) is 0.167. The third kappa shape index (κ3) is 4.71. The Bertz CT molecular complexity index is 1970. The van der Waals surface area contributed by atoms with Crippen LogP contribution in [-0.2, 0) is 11.4 Å². The van der Waals surface area contributed by atoms with E-state index in [2.05, 4.69) is 15.2 Å². The number of ether oxygens (including phenoxy) is 3. The molecule has 0 N–H and O–H groups in total. The van der Waals surface area contributed by atoms with Crippen LogP contribution in [0.5, 0.6) is 23.3 Å². The monoisotopic (exact) mass is 597 g/mol. The predicted octanol–water partition coefficient (Wildman–Crippen LogP) is 5.72. The molecule has 13 heteroatoms. The molecule has 0 saturated carbocycles. The van der Waals surface area contributed by atoms with Crippen molar-refractivity contribution in [1.82, 2.24) is 29.4 Å². The maximum atomic E-state index is 6.40. The van der Waals surface area contributed by atoms with Gasteiger partial charge in [0.25, 0.3) is 0 Å². The molecule has 2 aromatic carbocycles. The van der Waals surface area contributed by atoms with Gasteiger partial charge in [-0.3, -0.25) is 0 Å². The number of hydrogen-bond donors (Lipinski definition) is 0. The van der Waals surface area contributed by atoms with Crippen molar-refractivity contribution in [1.29, 1.82) is 0 Å². The molecule has 0 aliphatic carbocycles. The number of oxime groups is 1. The van der Waals surface area contributed by atoms with Crippen LogP contribution >= 0.6 is 11.6 Å². The SMILES string of the molecule is COc1ccc(/C=N\OCc2nc3c4c(ncn3n2)Oc2c(c(C)nn2-c2ccc(Cl)cc2)C4c2ccco2)cc1OC. The van der Waals surface area contributed by atoms with E-state index < -0.39 is 5.92 Å². The molecule has 0 amide bonds. The van der Waals surface area contributed by atoms with Crippen LogP contribution in [0.4, 0.5) is 0 Å². The molecule has 1 aliphatic heterocycles. The molecule has 4 aromatic heterocycles. The summed E-state index contributed by atoms with van der Waals surface area (Å²) in [6.45, 7) is 1.97. The van der Waals surface area contributed by atoms with E-state index >= 15 is 0 Å². The molecule has 0 fully saturated rings. The number of methoxy groups -OCH3 is 2. The van der Waals surface area contributed by atoms with Crippen LogP contribution in [0.2, 0.25) is 5.02 Å². The van der Waals surface area contributed by atoms with Crippen molar-refractivity contribution < 1.29 is 23.5 Å². The molecular formula is C30H24ClN7O5. The van der Waals surface area contributed by atoms with Crippen LogP contribution < -0.4 is 14.2 Å². The van der Waals surface area contributed by atoms with Gasteiger partial charge in [0.1, 0.15) is 12.1 Å². The molecule has 0 bridgehead atoms. The third-order valence-corrected chi connectivity index (χ3v) is 7.29. The molecule has 6 aromatic rings. The van der Waals surface area contributed by atoms with Gasteiger partial charge in [-0.25, -0.2) is 19.2 Å². The first-order chi connectivity index (χ1) is 21.0. The van der Waals surface area contributed by atoms with Crippen LogP contribution in [0.3, 0.4) is 0 Å². The molecule has 12 nitrogen and oxygen atoms in total. The summed E-state index contributed by atoms with van der Waals surface area (Å²) < 4.78 is 26.3. The minimum Gasteiger partial charge on any atom is -0.493 e. The molecule has 1 atom stereocenters. The molecule has 1 aliphatic rings. The summed E-state index contributed by atoms with van der Waals surface area (Å²) >= 11 is 6.13. The number of benzene rings is 2. The highest BCUT2D eigenvalue weighted by Gasteiger charge is 2.39. The summed E-state index contributed by atoms with van der Waals surface area (Å²) in [7, 11) is 3.16. The lowest BCUT2D eigenvalue weighted by molar-refractivity contribution is 0.126. The largest absolute Gasteiger partial charge is 0.493 e. The first kappa shape index (κ1) is 26.5. The first-order valence-electron chi connectivity index (χ1n) is 13.2. The number of aromatic nitrogens is 6.